The largest absolute Gasteiger partial charge is 0.372 e. The Bertz CT molecular complexity index is 998. The van der Waals surface area contributed by atoms with Gasteiger partial charge in [0.1, 0.15) is 23.8 Å². The molecule has 138 valence electrons. The lowest BCUT2D eigenvalue weighted by Crippen LogP contribution is -2.21. The molecule has 1 aromatic heterocycles. The van der Waals surface area contributed by atoms with Gasteiger partial charge in [0.05, 0.1) is 5.57 Å². The Hall–Kier alpha value is -3.59. The van der Waals surface area contributed by atoms with E-state index in [4.69, 9.17) is 10.5 Å². The van der Waals surface area contributed by atoms with Gasteiger partial charge in [-0.2, -0.15) is 15.8 Å². The van der Waals surface area contributed by atoms with Gasteiger partial charge in [-0.1, -0.05) is 30.4 Å². The molecule has 4 nitrogen and oxygen atoms in total. The number of nitrogens with zero attached hydrogens (tertiary/aromatic N) is 4. The normalized spacial score (nSPS) is 10.4. The third-order valence-electron chi connectivity index (χ3n) is 4.14. The van der Waals surface area contributed by atoms with Crippen LogP contribution in [0.15, 0.2) is 54.1 Å². The van der Waals surface area contributed by atoms with Crippen LogP contribution >= 0.6 is 11.3 Å². The number of hydrogen-bond acceptors (Lipinski definition) is 5. The van der Waals surface area contributed by atoms with Crippen molar-refractivity contribution in [3.63, 3.8) is 0 Å². The van der Waals surface area contributed by atoms with Crippen LogP contribution in [0.4, 0.5) is 5.69 Å². The van der Waals surface area contributed by atoms with E-state index < -0.39 is 0 Å². The highest BCUT2D eigenvalue weighted by atomic mass is 32.1. The Balaban J connectivity index is 2.07. The lowest BCUT2D eigenvalue weighted by atomic mass is 10.1. The van der Waals surface area contributed by atoms with Crippen molar-refractivity contribution in [3.8, 4) is 18.2 Å². The van der Waals surface area contributed by atoms with Crippen molar-refractivity contribution >= 4 is 34.7 Å². The SMILES string of the molecule is CCN(CC)c1ccc(C=CC=Cc2ccc(C(C#N)=C(C#N)C#N)s2)cc1. The second-order valence-corrected chi connectivity index (χ2v) is 6.88. The van der Waals surface area contributed by atoms with Crippen LogP contribution in [0.25, 0.3) is 17.7 Å². The first-order valence-corrected chi connectivity index (χ1v) is 9.73. The molecule has 2 rings (SSSR count). The number of rotatable bonds is 7. The smallest absolute Gasteiger partial charge is 0.148 e. The topological polar surface area (TPSA) is 74.6 Å². The van der Waals surface area contributed by atoms with Crippen LogP contribution in [-0.4, -0.2) is 13.1 Å². The molecule has 0 aliphatic rings. The summed E-state index contributed by atoms with van der Waals surface area (Å²) in [6.07, 6.45) is 7.85. The Morgan fingerprint density at radius 2 is 1.54 bits per heavy atom. The lowest BCUT2D eigenvalue weighted by Gasteiger charge is -2.20. The van der Waals surface area contributed by atoms with E-state index in [1.165, 1.54) is 17.0 Å². The highest BCUT2D eigenvalue weighted by Crippen LogP contribution is 2.27. The number of allylic oxidation sites excluding steroid dienone is 4. The standard InChI is InChI=1S/C23H20N4S/c1-3-27(4-2)20-11-9-18(10-12-20)7-5-6-8-21-13-14-23(28-21)22(17-26)19(15-24)16-25/h5-14H,3-4H2,1-2H3. The molecule has 0 amide bonds. The van der Waals surface area contributed by atoms with Gasteiger partial charge in [-0.05, 0) is 49.8 Å². The number of benzene rings is 1. The predicted octanol–water partition coefficient (Wildman–Crippen LogP) is 5.65. The summed E-state index contributed by atoms with van der Waals surface area (Å²) in [5, 5.41) is 27.1. The van der Waals surface area contributed by atoms with Crippen LogP contribution in [0.5, 0.6) is 0 Å². The Labute approximate surface area is 170 Å². The summed E-state index contributed by atoms with van der Waals surface area (Å²) in [5.41, 5.74) is 2.31. The van der Waals surface area contributed by atoms with E-state index in [1.807, 2.05) is 36.4 Å². The van der Waals surface area contributed by atoms with Crippen molar-refractivity contribution in [3.05, 3.63) is 69.4 Å². The summed E-state index contributed by atoms with van der Waals surface area (Å²) in [6.45, 7) is 6.28. The second kappa shape index (κ2) is 10.5. The summed E-state index contributed by atoms with van der Waals surface area (Å²) in [7, 11) is 0. The van der Waals surface area contributed by atoms with E-state index in [0.717, 1.165) is 23.5 Å². The molecule has 0 radical (unpaired) electrons. The molecule has 5 heteroatoms. The van der Waals surface area contributed by atoms with Gasteiger partial charge in [-0.25, -0.2) is 0 Å². The first-order chi connectivity index (χ1) is 13.7. The maximum absolute atomic E-state index is 9.21. The first kappa shape index (κ1) is 20.7. The molecule has 0 atom stereocenters. The molecule has 0 aliphatic carbocycles. The van der Waals surface area contributed by atoms with Gasteiger partial charge in [0.15, 0.2) is 0 Å². The van der Waals surface area contributed by atoms with E-state index in [9.17, 15) is 5.26 Å². The summed E-state index contributed by atoms with van der Waals surface area (Å²) in [5.74, 6) is 0. The van der Waals surface area contributed by atoms with Crippen LogP contribution < -0.4 is 4.90 Å². The van der Waals surface area contributed by atoms with Gasteiger partial charge in [0.25, 0.3) is 0 Å². The predicted molar refractivity (Wildman–Crippen MR) is 116 cm³/mol. The quantitative estimate of drug-likeness (QED) is 0.457. The van der Waals surface area contributed by atoms with Gasteiger partial charge >= 0.3 is 0 Å². The average Bonchev–Trinajstić information content (AvgIpc) is 3.19. The van der Waals surface area contributed by atoms with Crippen molar-refractivity contribution < 1.29 is 0 Å². The van der Waals surface area contributed by atoms with Crippen LogP contribution in [0.3, 0.4) is 0 Å². The van der Waals surface area contributed by atoms with E-state index in [0.29, 0.717) is 4.88 Å². The minimum atomic E-state index is -0.159. The van der Waals surface area contributed by atoms with Gasteiger partial charge in [0, 0.05) is 28.5 Å². The fourth-order valence-electron chi connectivity index (χ4n) is 2.65. The molecule has 0 bridgehead atoms. The van der Waals surface area contributed by atoms with Gasteiger partial charge in [-0.3, -0.25) is 0 Å². The fourth-order valence-corrected chi connectivity index (χ4v) is 3.57. The highest BCUT2D eigenvalue weighted by molar-refractivity contribution is 7.14. The van der Waals surface area contributed by atoms with Crippen LogP contribution in [0.1, 0.15) is 29.2 Å². The zero-order valence-electron chi connectivity index (χ0n) is 15.9. The maximum Gasteiger partial charge on any atom is 0.148 e. The summed E-state index contributed by atoms with van der Waals surface area (Å²) >= 11 is 1.37. The zero-order chi connectivity index (χ0) is 20.4. The molecule has 0 unspecified atom stereocenters. The van der Waals surface area contributed by atoms with E-state index in [2.05, 4.69) is 43.0 Å². The average molecular weight is 385 g/mol. The van der Waals surface area contributed by atoms with Crippen molar-refractivity contribution in [2.24, 2.45) is 0 Å². The molecule has 0 aliphatic heterocycles. The van der Waals surface area contributed by atoms with E-state index in [-0.39, 0.29) is 11.1 Å². The molecular weight excluding hydrogens is 364 g/mol. The zero-order valence-corrected chi connectivity index (χ0v) is 16.7. The molecule has 0 spiro atoms. The lowest BCUT2D eigenvalue weighted by molar-refractivity contribution is 0.866. The number of nitriles is 3. The molecule has 0 N–H and O–H groups in total. The number of anilines is 1. The minimum absolute atomic E-state index is 0.124. The monoisotopic (exact) mass is 384 g/mol. The first-order valence-electron chi connectivity index (χ1n) is 8.91. The molecule has 1 aromatic carbocycles. The van der Waals surface area contributed by atoms with Gasteiger partial charge in [0.2, 0.25) is 0 Å². The Kier molecular flexibility index (Phi) is 7.79. The van der Waals surface area contributed by atoms with Crippen LogP contribution in [0, 0.1) is 34.0 Å². The third-order valence-corrected chi connectivity index (χ3v) is 5.21. The number of hydrogen-bond donors (Lipinski definition) is 0. The van der Waals surface area contributed by atoms with Gasteiger partial charge in [-0.15, -0.1) is 11.3 Å². The van der Waals surface area contributed by atoms with E-state index >= 15 is 0 Å². The van der Waals surface area contributed by atoms with Crippen molar-refractivity contribution in [2.45, 2.75) is 13.8 Å². The second-order valence-electron chi connectivity index (χ2n) is 5.77. The molecule has 0 saturated carbocycles. The summed E-state index contributed by atoms with van der Waals surface area (Å²) in [4.78, 5) is 3.87. The highest BCUT2D eigenvalue weighted by Gasteiger charge is 2.10. The Morgan fingerprint density at radius 1 is 0.893 bits per heavy atom. The summed E-state index contributed by atoms with van der Waals surface area (Å²) < 4.78 is 0. The molecule has 2 aromatic rings. The van der Waals surface area contributed by atoms with Crippen molar-refractivity contribution in [1.29, 1.82) is 15.8 Å². The van der Waals surface area contributed by atoms with Gasteiger partial charge < -0.3 is 4.90 Å². The fraction of sp³-hybridized carbons (Fsp3) is 0.174. The molecule has 0 fully saturated rings. The summed E-state index contributed by atoms with van der Waals surface area (Å²) in [6, 6.07) is 17.5. The third kappa shape index (κ3) is 5.21. The van der Waals surface area contributed by atoms with Crippen LogP contribution in [-0.2, 0) is 0 Å². The molecular formula is C23H20N4S. The maximum atomic E-state index is 9.21. The van der Waals surface area contributed by atoms with E-state index in [1.54, 1.807) is 18.2 Å². The number of thiophene rings is 1. The molecule has 28 heavy (non-hydrogen) atoms. The van der Waals surface area contributed by atoms with Crippen molar-refractivity contribution in [1.82, 2.24) is 0 Å². The van der Waals surface area contributed by atoms with Crippen LogP contribution in [0.2, 0.25) is 0 Å². The minimum Gasteiger partial charge on any atom is -0.372 e. The Morgan fingerprint density at radius 3 is 2.11 bits per heavy atom. The van der Waals surface area contributed by atoms with Crippen molar-refractivity contribution in [2.75, 3.05) is 18.0 Å². The molecule has 0 saturated heterocycles. The molecule has 1 heterocycles.